The third kappa shape index (κ3) is 2.80. The average molecular weight is 274 g/mol. The molecule has 0 spiro atoms. The molecule has 1 amide bonds. The first-order valence-electron chi connectivity index (χ1n) is 5.80. The number of hydrogen-bond acceptors (Lipinski definition) is 3. The molecule has 102 valence electrons. The Labute approximate surface area is 114 Å². The molecule has 0 aliphatic carbocycles. The second kappa shape index (κ2) is 5.48. The smallest absolute Gasteiger partial charge is 0.293 e. The number of carbonyl (C=O) groups excluding carboxylic acids is 1. The van der Waals surface area contributed by atoms with Gasteiger partial charge in [-0.15, -0.1) is 0 Å². The minimum absolute atomic E-state index is 0.0360. The molecule has 5 nitrogen and oxygen atoms in total. The quantitative estimate of drug-likeness (QED) is 0.689. The van der Waals surface area contributed by atoms with E-state index in [2.05, 4.69) is 5.32 Å². The van der Waals surface area contributed by atoms with E-state index in [9.17, 15) is 19.3 Å². The van der Waals surface area contributed by atoms with Crippen LogP contribution in [0.5, 0.6) is 0 Å². The summed E-state index contributed by atoms with van der Waals surface area (Å²) in [4.78, 5) is 22.3. The van der Waals surface area contributed by atoms with Crippen molar-refractivity contribution < 1.29 is 14.1 Å². The third-order valence-electron chi connectivity index (χ3n) is 2.72. The number of carbonyl (C=O) groups is 1. The molecule has 0 heterocycles. The van der Waals surface area contributed by atoms with Crippen molar-refractivity contribution in [1.29, 1.82) is 0 Å². The number of nitro benzene ring substituents is 1. The van der Waals surface area contributed by atoms with Gasteiger partial charge < -0.3 is 5.32 Å². The van der Waals surface area contributed by atoms with Crippen LogP contribution in [0.2, 0.25) is 0 Å². The molecule has 0 saturated carbocycles. The standard InChI is InChI=1S/C14H11FN2O3/c1-9-6-7-12(13(8-9)17(19)20)16-14(18)10-4-2-3-5-11(10)15/h2-8H,1H3,(H,16,18). The van der Waals surface area contributed by atoms with Crippen LogP contribution in [0.25, 0.3) is 0 Å². The molecule has 0 unspecified atom stereocenters. The largest absolute Gasteiger partial charge is 0.316 e. The fraction of sp³-hybridized carbons (Fsp3) is 0.0714. The van der Waals surface area contributed by atoms with E-state index in [0.717, 1.165) is 6.07 Å². The van der Waals surface area contributed by atoms with Gasteiger partial charge in [-0.1, -0.05) is 18.2 Å². The van der Waals surface area contributed by atoms with Gasteiger partial charge in [0.25, 0.3) is 11.6 Å². The molecule has 0 atom stereocenters. The highest BCUT2D eigenvalue weighted by Crippen LogP contribution is 2.26. The van der Waals surface area contributed by atoms with Crippen LogP contribution < -0.4 is 5.32 Å². The maximum absolute atomic E-state index is 13.5. The van der Waals surface area contributed by atoms with Crippen LogP contribution in [-0.4, -0.2) is 10.8 Å². The molecular weight excluding hydrogens is 263 g/mol. The lowest BCUT2D eigenvalue weighted by Crippen LogP contribution is -2.14. The lowest BCUT2D eigenvalue weighted by Gasteiger charge is -2.07. The predicted octanol–water partition coefficient (Wildman–Crippen LogP) is 3.29. The first-order valence-corrected chi connectivity index (χ1v) is 5.80. The van der Waals surface area contributed by atoms with E-state index < -0.39 is 16.6 Å². The molecular formula is C14H11FN2O3. The van der Waals surface area contributed by atoms with E-state index in [4.69, 9.17) is 0 Å². The SMILES string of the molecule is Cc1ccc(NC(=O)c2ccccc2F)c([N+](=O)[O-])c1. The van der Waals surface area contributed by atoms with E-state index in [-0.39, 0.29) is 16.9 Å². The molecule has 2 aromatic carbocycles. The molecule has 2 rings (SSSR count). The molecule has 0 bridgehead atoms. The van der Waals surface area contributed by atoms with Gasteiger partial charge >= 0.3 is 0 Å². The molecule has 0 saturated heterocycles. The minimum atomic E-state index is -0.727. The second-order valence-corrected chi connectivity index (χ2v) is 4.21. The van der Waals surface area contributed by atoms with Crippen LogP contribution in [0, 0.1) is 22.9 Å². The zero-order valence-corrected chi connectivity index (χ0v) is 10.6. The summed E-state index contributed by atoms with van der Waals surface area (Å²) in [6, 6.07) is 9.83. The van der Waals surface area contributed by atoms with Crippen molar-refractivity contribution in [2.75, 3.05) is 5.32 Å². The van der Waals surface area contributed by atoms with Gasteiger partial charge in [0.15, 0.2) is 0 Å². The Hall–Kier alpha value is -2.76. The minimum Gasteiger partial charge on any atom is -0.316 e. The molecule has 0 fully saturated rings. The molecule has 0 radical (unpaired) electrons. The highest BCUT2D eigenvalue weighted by Gasteiger charge is 2.18. The lowest BCUT2D eigenvalue weighted by molar-refractivity contribution is -0.384. The maximum atomic E-state index is 13.5. The number of nitro groups is 1. The Kier molecular flexibility index (Phi) is 3.74. The lowest BCUT2D eigenvalue weighted by atomic mass is 10.1. The average Bonchev–Trinajstić information content (AvgIpc) is 2.41. The number of anilines is 1. The number of halogens is 1. The Morgan fingerprint density at radius 1 is 1.25 bits per heavy atom. The fourth-order valence-electron chi connectivity index (χ4n) is 1.73. The van der Waals surface area contributed by atoms with Crippen molar-refractivity contribution in [2.24, 2.45) is 0 Å². The van der Waals surface area contributed by atoms with Crippen molar-refractivity contribution >= 4 is 17.3 Å². The van der Waals surface area contributed by atoms with Crippen LogP contribution in [0.4, 0.5) is 15.8 Å². The summed E-state index contributed by atoms with van der Waals surface area (Å²) < 4.78 is 13.5. The van der Waals surface area contributed by atoms with Crippen LogP contribution in [-0.2, 0) is 0 Å². The fourth-order valence-corrected chi connectivity index (χ4v) is 1.73. The van der Waals surface area contributed by atoms with Gasteiger partial charge in [-0.2, -0.15) is 0 Å². The van der Waals surface area contributed by atoms with Crippen molar-refractivity contribution in [1.82, 2.24) is 0 Å². The summed E-state index contributed by atoms with van der Waals surface area (Å²) in [7, 11) is 0. The first-order chi connectivity index (χ1) is 9.49. The van der Waals surface area contributed by atoms with E-state index >= 15 is 0 Å². The zero-order chi connectivity index (χ0) is 14.7. The highest BCUT2D eigenvalue weighted by molar-refractivity contribution is 6.05. The van der Waals surface area contributed by atoms with Gasteiger partial charge in [0.1, 0.15) is 11.5 Å². The maximum Gasteiger partial charge on any atom is 0.293 e. The summed E-state index contributed by atoms with van der Waals surface area (Å²) in [5.41, 5.74) is 0.339. The zero-order valence-electron chi connectivity index (χ0n) is 10.6. The molecule has 20 heavy (non-hydrogen) atoms. The number of nitrogens with one attached hydrogen (secondary N) is 1. The van der Waals surface area contributed by atoms with Gasteiger partial charge in [0.2, 0.25) is 0 Å². The van der Waals surface area contributed by atoms with E-state index in [1.165, 1.54) is 30.3 Å². The van der Waals surface area contributed by atoms with Crippen LogP contribution >= 0.6 is 0 Å². The van der Waals surface area contributed by atoms with Crippen molar-refractivity contribution in [3.63, 3.8) is 0 Å². The van der Waals surface area contributed by atoms with E-state index in [0.29, 0.717) is 5.56 Å². The van der Waals surface area contributed by atoms with Gasteiger partial charge in [0, 0.05) is 6.07 Å². The van der Waals surface area contributed by atoms with Crippen LogP contribution in [0.15, 0.2) is 42.5 Å². The Morgan fingerprint density at radius 3 is 2.60 bits per heavy atom. The molecule has 0 aliphatic rings. The summed E-state index contributed by atoms with van der Waals surface area (Å²) in [5.74, 6) is -1.41. The monoisotopic (exact) mass is 274 g/mol. The number of benzene rings is 2. The molecule has 6 heteroatoms. The number of hydrogen-bond donors (Lipinski definition) is 1. The Balaban J connectivity index is 2.33. The molecule has 0 aliphatic heterocycles. The Morgan fingerprint density at radius 2 is 1.95 bits per heavy atom. The topological polar surface area (TPSA) is 72.2 Å². The summed E-state index contributed by atoms with van der Waals surface area (Å²) in [6.45, 7) is 1.70. The molecule has 1 N–H and O–H groups in total. The van der Waals surface area contributed by atoms with Gasteiger partial charge in [-0.05, 0) is 30.7 Å². The van der Waals surface area contributed by atoms with Crippen LogP contribution in [0.3, 0.4) is 0 Å². The first kappa shape index (κ1) is 13.7. The number of nitrogens with zero attached hydrogens (tertiary/aromatic N) is 1. The third-order valence-corrected chi connectivity index (χ3v) is 2.72. The predicted molar refractivity (Wildman–Crippen MR) is 72.2 cm³/mol. The van der Waals surface area contributed by atoms with Crippen LogP contribution in [0.1, 0.15) is 15.9 Å². The van der Waals surface area contributed by atoms with E-state index in [1.807, 2.05) is 0 Å². The van der Waals surface area contributed by atoms with Crippen molar-refractivity contribution in [3.8, 4) is 0 Å². The van der Waals surface area contributed by atoms with Gasteiger partial charge in [-0.3, -0.25) is 14.9 Å². The summed E-state index contributed by atoms with van der Waals surface area (Å²) in [5, 5.41) is 13.3. The number of rotatable bonds is 3. The van der Waals surface area contributed by atoms with Crippen molar-refractivity contribution in [2.45, 2.75) is 6.92 Å². The Bertz CT molecular complexity index is 686. The van der Waals surface area contributed by atoms with E-state index in [1.54, 1.807) is 13.0 Å². The van der Waals surface area contributed by atoms with Crippen molar-refractivity contribution in [3.05, 3.63) is 69.5 Å². The highest BCUT2D eigenvalue weighted by atomic mass is 19.1. The second-order valence-electron chi connectivity index (χ2n) is 4.21. The normalized spacial score (nSPS) is 10.1. The number of aryl methyl sites for hydroxylation is 1. The number of amides is 1. The van der Waals surface area contributed by atoms with Gasteiger partial charge in [-0.25, -0.2) is 4.39 Å². The molecule has 2 aromatic rings. The molecule has 0 aromatic heterocycles. The van der Waals surface area contributed by atoms with Gasteiger partial charge in [0.05, 0.1) is 10.5 Å². The summed E-state index contributed by atoms with van der Waals surface area (Å²) in [6.07, 6.45) is 0. The summed E-state index contributed by atoms with van der Waals surface area (Å²) >= 11 is 0.